The molecule has 0 aliphatic rings. The average Bonchev–Trinajstić information content (AvgIpc) is 2.40. The van der Waals surface area contributed by atoms with Gasteiger partial charge in [-0.25, -0.2) is 4.98 Å². The fourth-order valence-corrected chi connectivity index (χ4v) is 2.67. The predicted octanol–water partition coefficient (Wildman–Crippen LogP) is 4.17. The maximum Gasteiger partial charge on any atom is 0.129 e. The third-order valence-corrected chi connectivity index (χ3v) is 3.94. The summed E-state index contributed by atoms with van der Waals surface area (Å²) in [5.74, 6) is 0.665. The van der Waals surface area contributed by atoms with Gasteiger partial charge in [-0.1, -0.05) is 35.3 Å². The number of halogens is 2. The van der Waals surface area contributed by atoms with Crippen LogP contribution in [0.3, 0.4) is 0 Å². The van der Waals surface area contributed by atoms with Gasteiger partial charge < -0.3 is 5.11 Å². The second-order valence-corrected chi connectivity index (χ2v) is 5.50. The van der Waals surface area contributed by atoms with Gasteiger partial charge in [0.05, 0.1) is 17.3 Å². The number of pyridine rings is 1. The SMILES string of the molecule is OCc1ccc(SCc2nc(Cl)ccc2Cl)cc1. The number of aliphatic hydroxyl groups is 1. The van der Waals surface area contributed by atoms with Crippen molar-refractivity contribution in [3.05, 3.63) is 57.8 Å². The van der Waals surface area contributed by atoms with Crippen molar-refractivity contribution in [1.82, 2.24) is 4.98 Å². The molecule has 0 saturated carbocycles. The summed E-state index contributed by atoms with van der Waals surface area (Å²) >= 11 is 13.5. The largest absolute Gasteiger partial charge is 0.392 e. The summed E-state index contributed by atoms with van der Waals surface area (Å²) in [6, 6.07) is 11.2. The number of aliphatic hydroxyl groups excluding tert-OH is 1. The molecular formula is C13H11Cl2NOS. The molecule has 5 heteroatoms. The Kier molecular flexibility index (Phi) is 4.89. The van der Waals surface area contributed by atoms with Crippen LogP contribution in [0.15, 0.2) is 41.3 Å². The molecule has 0 aliphatic carbocycles. The highest BCUT2D eigenvalue weighted by atomic mass is 35.5. The minimum absolute atomic E-state index is 0.0621. The molecule has 18 heavy (non-hydrogen) atoms. The second-order valence-electron chi connectivity index (χ2n) is 3.65. The standard InChI is InChI=1S/C13H11Cl2NOS/c14-11-5-6-13(15)16-12(11)8-18-10-3-1-9(7-17)2-4-10/h1-6,17H,7-8H2. The molecule has 0 fully saturated rings. The molecule has 0 amide bonds. The first-order valence-corrected chi connectivity index (χ1v) is 7.06. The number of hydrogen-bond donors (Lipinski definition) is 1. The monoisotopic (exact) mass is 299 g/mol. The zero-order valence-corrected chi connectivity index (χ0v) is 11.8. The molecule has 94 valence electrons. The first-order valence-electron chi connectivity index (χ1n) is 5.32. The molecule has 1 aromatic carbocycles. The Morgan fingerprint density at radius 3 is 2.44 bits per heavy atom. The molecular weight excluding hydrogens is 289 g/mol. The molecule has 1 heterocycles. The molecule has 0 bridgehead atoms. The second kappa shape index (κ2) is 6.43. The number of aromatic nitrogens is 1. The highest BCUT2D eigenvalue weighted by molar-refractivity contribution is 7.98. The Balaban J connectivity index is 2.04. The normalized spacial score (nSPS) is 10.6. The van der Waals surface area contributed by atoms with Crippen molar-refractivity contribution in [2.45, 2.75) is 17.3 Å². The molecule has 0 atom stereocenters. The Morgan fingerprint density at radius 1 is 1.06 bits per heavy atom. The summed E-state index contributed by atoms with van der Waals surface area (Å²) in [5.41, 5.74) is 1.68. The molecule has 0 aliphatic heterocycles. The number of rotatable bonds is 4. The fourth-order valence-electron chi connectivity index (χ4n) is 1.40. The van der Waals surface area contributed by atoms with Crippen molar-refractivity contribution in [3.8, 4) is 0 Å². The van der Waals surface area contributed by atoms with Crippen LogP contribution in [0.5, 0.6) is 0 Å². The maximum atomic E-state index is 8.95. The molecule has 0 spiro atoms. The molecule has 0 saturated heterocycles. The Labute approximate surface area is 120 Å². The summed E-state index contributed by atoms with van der Waals surface area (Å²) in [6.45, 7) is 0.0621. The summed E-state index contributed by atoms with van der Waals surface area (Å²) in [6.07, 6.45) is 0. The number of thioether (sulfide) groups is 1. The van der Waals surface area contributed by atoms with Gasteiger partial charge in [0.25, 0.3) is 0 Å². The molecule has 2 aromatic rings. The molecule has 0 unspecified atom stereocenters. The van der Waals surface area contributed by atoms with Gasteiger partial charge in [0.2, 0.25) is 0 Å². The number of hydrogen-bond acceptors (Lipinski definition) is 3. The van der Waals surface area contributed by atoms with Crippen LogP contribution < -0.4 is 0 Å². The van der Waals surface area contributed by atoms with Crippen LogP contribution in [0, 0.1) is 0 Å². The van der Waals surface area contributed by atoms with Gasteiger partial charge in [0.15, 0.2) is 0 Å². The van der Waals surface area contributed by atoms with Gasteiger partial charge >= 0.3 is 0 Å². The molecule has 1 N–H and O–H groups in total. The highest BCUT2D eigenvalue weighted by Crippen LogP contribution is 2.26. The van der Waals surface area contributed by atoms with Crippen LogP contribution in [0.25, 0.3) is 0 Å². The highest BCUT2D eigenvalue weighted by Gasteiger charge is 2.04. The van der Waals surface area contributed by atoms with Crippen LogP contribution >= 0.6 is 35.0 Å². The van der Waals surface area contributed by atoms with Crippen molar-refractivity contribution in [2.24, 2.45) is 0 Å². The van der Waals surface area contributed by atoms with E-state index in [2.05, 4.69) is 4.98 Å². The lowest BCUT2D eigenvalue weighted by molar-refractivity contribution is 0.282. The molecule has 2 nitrogen and oxygen atoms in total. The zero-order valence-electron chi connectivity index (χ0n) is 9.44. The Bertz CT molecular complexity index is 531. The van der Waals surface area contributed by atoms with Crippen molar-refractivity contribution in [1.29, 1.82) is 0 Å². The van der Waals surface area contributed by atoms with E-state index in [4.69, 9.17) is 28.3 Å². The quantitative estimate of drug-likeness (QED) is 0.679. The van der Waals surface area contributed by atoms with Gasteiger partial charge in [0.1, 0.15) is 5.15 Å². The van der Waals surface area contributed by atoms with Crippen LogP contribution in [0.1, 0.15) is 11.3 Å². The lowest BCUT2D eigenvalue weighted by Gasteiger charge is -2.04. The van der Waals surface area contributed by atoms with Crippen molar-refractivity contribution < 1.29 is 5.11 Å². The molecule has 0 radical (unpaired) electrons. The van der Waals surface area contributed by atoms with E-state index < -0.39 is 0 Å². The van der Waals surface area contributed by atoms with Gasteiger partial charge in [-0.3, -0.25) is 0 Å². The van der Waals surface area contributed by atoms with Crippen LogP contribution in [0.2, 0.25) is 10.2 Å². The van der Waals surface area contributed by atoms with E-state index in [1.807, 2.05) is 24.3 Å². The number of nitrogens with zero attached hydrogens (tertiary/aromatic N) is 1. The Hall–Kier alpha value is -0.740. The summed E-state index contributed by atoms with van der Waals surface area (Å²) < 4.78 is 0. The van der Waals surface area contributed by atoms with Crippen molar-refractivity contribution in [3.63, 3.8) is 0 Å². The van der Waals surface area contributed by atoms with Crippen molar-refractivity contribution >= 4 is 35.0 Å². The van der Waals surface area contributed by atoms with Gasteiger partial charge in [-0.15, -0.1) is 11.8 Å². The van der Waals surface area contributed by atoms with E-state index >= 15 is 0 Å². The van der Waals surface area contributed by atoms with Crippen LogP contribution in [-0.2, 0) is 12.4 Å². The lowest BCUT2D eigenvalue weighted by Crippen LogP contribution is -1.89. The van der Waals surface area contributed by atoms with E-state index in [1.54, 1.807) is 23.9 Å². The first-order chi connectivity index (χ1) is 8.69. The summed E-state index contributed by atoms with van der Waals surface area (Å²) in [7, 11) is 0. The third kappa shape index (κ3) is 3.62. The third-order valence-electron chi connectivity index (χ3n) is 2.37. The number of benzene rings is 1. The van der Waals surface area contributed by atoms with E-state index in [9.17, 15) is 0 Å². The minimum atomic E-state index is 0.0621. The van der Waals surface area contributed by atoms with E-state index in [0.29, 0.717) is 15.9 Å². The Morgan fingerprint density at radius 2 is 1.78 bits per heavy atom. The van der Waals surface area contributed by atoms with E-state index in [1.165, 1.54) is 0 Å². The topological polar surface area (TPSA) is 33.1 Å². The smallest absolute Gasteiger partial charge is 0.129 e. The van der Waals surface area contributed by atoms with Gasteiger partial charge in [0, 0.05) is 10.6 Å². The molecule has 1 aromatic heterocycles. The van der Waals surface area contributed by atoms with Gasteiger partial charge in [-0.2, -0.15) is 0 Å². The van der Waals surface area contributed by atoms with E-state index in [0.717, 1.165) is 16.2 Å². The summed E-state index contributed by atoms with van der Waals surface area (Å²) in [4.78, 5) is 5.30. The minimum Gasteiger partial charge on any atom is -0.392 e. The first kappa shape index (κ1) is 13.7. The van der Waals surface area contributed by atoms with Crippen LogP contribution in [-0.4, -0.2) is 10.1 Å². The van der Waals surface area contributed by atoms with E-state index in [-0.39, 0.29) is 6.61 Å². The van der Waals surface area contributed by atoms with Crippen molar-refractivity contribution in [2.75, 3.05) is 0 Å². The average molecular weight is 300 g/mol. The predicted molar refractivity (Wildman–Crippen MR) is 76.2 cm³/mol. The fraction of sp³-hybridized carbons (Fsp3) is 0.154. The molecule has 2 rings (SSSR count). The zero-order chi connectivity index (χ0) is 13.0. The van der Waals surface area contributed by atoms with Gasteiger partial charge in [-0.05, 0) is 29.8 Å². The van der Waals surface area contributed by atoms with Crippen LogP contribution in [0.4, 0.5) is 0 Å². The maximum absolute atomic E-state index is 8.95. The summed E-state index contributed by atoms with van der Waals surface area (Å²) in [5, 5.41) is 10.0. The lowest BCUT2D eigenvalue weighted by atomic mass is 10.2.